The summed E-state index contributed by atoms with van der Waals surface area (Å²) in [5, 5.41) is 22.6. The van der Waals surface area contributed by atoms with Gasteiger partial charge >= 0.3 is 0 Å². The minimum atomic E-state index is 0.476. The molecule has 0 amide bonds. The molecular formula is C29H40O2. The largest absolute Gasteiger partial charge is 0.507 e. The van der Waals surface area contributed by atoms with Crippen LogP contribution in [-0.4, -0.2) is 10.2 Å². The van der Waals surface area contributed by atoms with Gasteiger partial charge in [0.25, 0.3) is 0 Å². The first kappa shape index (κ1) is 22.2. The minimum Gasteiger partial charge on any atom is -0.507 e. The normalized spacial score (nSPS) is 18.4. The maximum Gasteiger partial charge on any atom is 0.122 e. The van der Waals surface area contributed by atoms with Crippen LogP contribution in [0.5, 0.6) is 11.5 Å². The van der Waals surface area contributed by atoms with E-state index in [0.717, 1.165) is 35.1 Å². The Morgan fingerprint density at radius 1 is 0.613 bits per heavy atom. The number of hydrogen-bond donors (Lipinski definition) is 2. The van der Waals surface area contributed by atoms with Gasteiger partial charge in [-0.05, 0) is 83.7 Å². The summed E-state index contributed by atoms with van der Waals surface area (Å²) in [6, 6.07) is 8.81. The fraction of sp³-hybridized carbons (Fsp3) is 0.586. The molecule has 31 heavy (non-hydrogen) atoms. The summed E-state index contributed by atoms with van der Waals surface area (Å²) in [5.41, 5.74) is 6.86. The first-order chi connectivity index (χ1) is 15.1. The van der Waals surface area contributed by atoms with Gasteiger partial charge in [-0.25, -0.2) is 0 Å². The van der Waals surface area contributed by atoms with Crippen LogP contribution in [0.25, 0.3) is 0 Å². The molecule has 2 aromatic carbocycles. The zero-order valence-corrected chi connectivity index (χ0v) is 19.6. The molecule has 2 aromatic rings. The number of phenols is 2. The highest BCUT2D eigenvalue weighted by Gasteiger charge is 2.24. The van der Waals surface area contributed by atoms with Crippen molar-refractivity contribution in [1.82, 2.24) is 0 Å². The summed E-state index contributed by atoms with van der Waals surface area (Å²) < 4.78 is 0. The van der Waals surface area contributed by atoms with Crippen LogP contribution in [0.1, 0.15) is 123 Å². The van der Waals surface area contributed by atoms with E-state index in [1.54, 1.807) is 0 Å². The Labute approximate surface area is 188 Å². The maximum absolute atomic E-state index is 11.3. The first-order valence-electron chi connectivity index (χ1n) is 12.8. The van der Waals surface area contributed by atoms with Gasteiger partial charge in [0.2, 0.25) is 0 Å². The summed E-state index contributed by atoms with van der Waals surface area (Å²) in [4.78, 5) is 0. The molecule has 0 radical (unpaired) electrons. The molecule has 2 heteroatoms. The molecule has 2 nitrogen and oxygen atoms in total. The Hall–Kier alpha value is -1.96. The number of aromatic hydroxyl groups is 2. The fourth-order valence-corrected chi connectivity index (χ4v) is 5.91. The SMILES string of the molecule is CCc1cc(Cc2cc(CC)cc(C3CCCCC3)c2O)c(O)c(C2CCCCC2)c1. The fourth-order valence-electron chi connectivity index (χ4n) is 5.91. The van der Waals surface area contributed by atoms with E-state index in [1.165, 1.54) is 75.3 Å². The number of hydrogen-bond acceptors (Lipinski definition) is 2. The number of benzene rings is 2. The van der Waals surface area contributed by atoms with E-state index in [1.807, 2.05) is 0 Å². The zero-order chi connectivity index (χ0) is 21.8. The van der Waals surface area contributed by atoms with Gasteiger partial charge in [-0.2, -0.15) is 0 Å². The van der Waals surface area contributed by atoms with Crippen molar-refractivity contribution in [3.63, 3.8) is 0 Å². The van der Waals surface area contributed by atoms with Crippen LogP contribution in [0.4, 0.5) is 0 Å². The Kier molecular flexibility index (Phi) is 7.25. The molecule has 0 aliphatic heterocycles. The predicted molar refractivity (Wildman–Crippen MR) is 129 cm³/mol. The lowest BCUT2D eigenvalue weighted by Crippen LogP contribution is -2.08. The molecule has 0 heterocycles. The van der Waals surface area contributed by atoms with Crippen LogP contribution in [0.2, 0.25) is 0 Å². The average molecular weight is 421 g/mol. The monoisotopic (exact) mass is 420 g/mol. The van der Waals surface area contributed by atoms with E-state index < -0.39 is 0 Å². The van der Waals surface area contributed by atoms with E-state index in [4.69, 9.17) is 0 Å². The second-order valence-electron chi connectivity index (χ2n) is 9.94. The van der Waals surface area contributed by atoms with E-state index in [2.05, 4.69) is 38.1 Å². The van der Waals surface area contributed by atoms with Crippen molar-refractivity contribution in [3.05, 3.63) is 57.6 Å². The van der Waals surface area contributed by atoms with Gasteiger partial charge in [-0.15, -0.1) is 0 Å². The molecule has 0 atom stereocenters. The summed E-state index contributed by atoms with van der Waals surface area (Å²) in [6.07, 6.45) is 15.0. The highest BCUT2D eigenvalue weighted by molar-refractivity contribution is 5.52. The van der Waals surface area contributed by atoms with Gasteiger partial charge in [0.15, 0.2) is 0 Å². The van der Waals surface area contributed by atoms with Gasteiger partial charge in [-0.3, -0.25) is 0 Å². The quantitative estimate of drug-likeness (QED) is 0.498. The third-order valence-electron chi connectivity index (χ3n) is 7.84. The molecular weight excluding hydrogens is 380 g/mol. The van der Waals surface area contributed by atoms with Gasteiger partial charge < -0.3 is 10.2 Å². The van der Waals surface area contributed by atoms with Crippen molar-refractivity contribution >= 4 is 0 Å². The molecule has 0 aromatic heterocycles. The average Bonchev–Trinajstić information content (AvgIpc) is 2.82. The van der Waals surface area contributed by atoms with Crippen molar-refractivity contribution in [2.24, 2.45) is 0 Å². The molecule has 0 spiro atoms. The highest BCUT2D eigenvalue weighted by Crippen LogP contribution is 2.43. The Morgan fingerprint density at radius 3 is 1.35 bits per heavy atom. The van der Waals surface area contributed by atoms with Crippen molar-refractivity contribution in [2.45, 2.75) is 109 Å². The third-order valence-corrected chi connectivity index (χ3v) is 7.84. The molecule has 2 N–H and O–H groups in total. The van der Waals surface area contributed by atoms with E-state index in [-0.39, 0.29) is 0 Å². The van der Waals surface area contributed by atoms with Crippen molar-refractivity contribution in [3.8, 4) is 11.5 Å². The summed E-state index contributed by atoms with van der Waals surface area (Å²) in [6.45, 7) is 4.38. The van der Waals surface area contributed by atoms with Crippen LogP contribution in [-0.2, 0) is 19.3 Å². The van der Waals surface area contributed by atoms with Crippen LogP contribution in [0.15, 0.2) is 24.3 Å². The van der Waals surface area contributed by atoms with Crippen LogP contribution in [0.3, 0.4) is 0 Å². The molecule has 4 rings (SSSR count). The highest BCUT2D eigenvalue weighted by atomic mass is 16.3. The minimum absolute atomic E-state index is 0.476. The molecule has 2 saturated carbocycles. The van der Waals surface area contributed by atoms with Gasteiger partial charge in [0.1, 0.15) is 11.5 Å². The van der Waals surface area contributed by atoms with E-state index in [0.29, 0.717) is 29.8 Å². The molecule has 2 fully saturated rings. The lowest BCUT2D eigenvalue weighted by molar-refractivity contribution is 0.408. The molecule has 0 unspecified atom stereocenters. The molecule has 2 aliphatic rings. The van der Waals surface area contributed by atoms with Gasteiger partial charge in [0.05, 0.1) is 0 Å². The maximum atomic E-state index is 11.3. The van der Waals surface area contributed by atoms with Gasteiger partial charge in [-0.1, -0.05) is 76.6 Å². The molecule has 0 bridgehead atoms. The smallest absolute Gasteiger partial charge is 0.122 e. The summed E-state index contributed by atoms with van der Waals surface area (Å²) >= 11 is 0. The van der Waals surface area contributed by atoms with Crippen LogP contribution >= 0.6 is 0 Å². The van der Waals surface area contributed by atoms with E-state index >= 15 is 0 Å². The molecule has 168 valence electrons. The topological polar surface area (TPSA) is 40.5 Å². The molecule has 2 aliphatic carbocycles. The third kappa shape index (κ3) is 4.94. The lowest BCUT2D eigenvalue weighted by Gasteiger charge is -2.26. The standard InChI is InChI=1S/C29H40O2/c1-3-20-15-24(28(30)26(17-20)22-11-7-5-8-12-22)19-25-16-21(4-2)18-27(29(25)31)23-13-9-6-10-14-23/h15-18,22-23,30-31H,3-14,19H2,1-2H3. The molecule has 0 saturated heterocycles. The van der Waals surface area contributed by atoms with Crippen molar-refractivity contribution in [2.75, 3.05) is 0 Å². The second-order valence-corrected chi connectivity index (χ2v) is 9.94. The number of phenolic OH excluding ortho intramolecular Hbond substituents is 2. The first-order valence-corrected chi connectivity index (χ1v) is 12.8. The Bertz CT molecular complexity index is 813. The van der Waals surface area contributed by atoms with Crippen molar-refractivity contribution in [1.29, 1.82) is 0 Å². The zero-order valence-electron chi connectivity index (χ0n) is 19.6. The predicted octanol–water partition coefficient (Wildman–Crippen LogP) is 7.91. The number of aryl methyl sites for hydroxylation is 2. The van der Waals surface area contributed by atoms with Crippen LogP contribution in [0, 0.1) is 0 Å². The van der Waals surface area contributed by atoms with Gasteiger partial charge in [0, 0.05) is 6.42 Å². The summed E-state index contributed by atoms with van der Waals surface area (Å²) in [7, 11) is 0. The number of rotatable bonds is 6. The Balaban J connectivity index is 1.71. The summed E-state index contributed by atoms with van der Waals surface area (Å²) in [5.74, 6) is 1.91. The van der Waals surface area contributed by atoms with E-state index in [9.17, 15) is 10.2 Å². The second kappa shape index (κ2) is 10.1. The lowest BCUT2D eigenvalue weighted by atomic mass is 9.80. The Morgan fingerprint density at radius 2 is 1.00 bits per heavy atom. The van der Waals surface area contributed by atoms with Crippen LogP contribution < -0.4 is 0 Å². The van der Waals surface area contributed by atoms with Crippen molar-refractivity contribution < 1.29 is 10.2 Å².